The topological polar surface area (TPSA) is 101 Å². The predicted molar refractivity (Wildman–Crippen MR) is 113 cm³/mol. The summed E-state index contributed by atoms with van der Waals surface area (Å²) in [4.78, 5) is 36.4. The van der Waals surface area contributed by atoms with Crippen molar-refractivity contribution in [3.63, 3.8) is 0 Å². The zero-order valence-electron chi connectivity index (χ0n) is 15.8. The van der Waals surface area contributed by atoms with Gasteiger partial charge in [-0.2, -0.15) is 0 Å². The average molecular weight is 407 g/mol. The average Bonchev–Trinajstić information content (AvgIpc) is 3.28. The van der Waals surface area contributed by atoms with Crippen LogP contribution in [0, 0.1) is 5.92 Å². The highest BCUT2D eigenvalue weighted by molar-refractivity contribution is 7.22. The SMILES string of the molecule is CC(CC(C(N)=O)C1NC(=O)NC1=O)c1ccc(-c2cc3ccccc3s2)cc1. The summed E-state index contributed by atoms with van der Waals surface area (Å²) in [7, 11) is 0. The number of amides is 4. The van der Waals surface area contributed by atoms with Gasteiger partial charge in [0.25, 0.3) is 5.91 Å². The molecule has 0 bridgehead atoms. The molecule has 29 heavy (non-hydrogen) atoms. The van der Waals surface area contributed by atoms with Crippen LogP contribution in [-0.2, 0) is 9.59 Å². The number of primary amides is 1. The van der Waals surface area contributed by atoms with Crippen LogP contribution in [0.15, 0.2) is 54.6 Å². The van der Waals surface area contributed by atoms with Gasteiger partial charge in [0.2, 0.25) is 5.91 Å². The summed E-state index contributed by atoms with van der Waals surface area (Å²) in [6, 6.07) is 17.2. The van der Waals surface area contributed by atoms with Crippen molar-refractivity contribution in [2.24, 2.45) is 11.7 Å². The molecule has 0 spiro atoms. The van der Waals surface area contributed by atoms with Gasteiger partial charge in [0.15, 0.2) is 0 Å². The van der Waals surface area contributed by atoms with E-state index in [0.29, 0.717) is 6.42 Å². The highest BCUT2D eigenvalue weighted by atomic mass is 32.1. The molecule has 1 saturated heterocycles. The van der Waals surface area contributed by atoms with Gasteiger partial charge >= 0.3 is 6.03 Å². The first-order chi connectivity index (χ1) is 13.9. The maximum atomic E-state index is 11.9. The molecule has 0 saturated carbocycles. The van der Waals surface area contributed by atoms with E-state index in [2.05, 4.69) is 41.0 Å². The summed E-state index contributed by atoms with van der Waals surface area (Å²) < 4.78 is 1.25. The smallest absolute Gasteiger partial charge is 0.322 e. The van der Waals surface area contributed by atoms with E-state index in [-0.39, 0.29) is 5.92 Å². The highest BCUT2D eigenvalue weighted by Crippen LogP contribution is 2.34. The first-order valence-corrected chi connectivity index (χ1v) is 10.2. The predicted octanol–water partition coefficient (Wildman–Crippen LogP) is 3.37. The molecule has 1 aromatic heterocycles. The van der Waals surface area contributed by atoms with Crippen LogP contribution < -0.4 is 16.4 Å². The van der Waals surface area contributed by atoms with Crippen molar-refractivity contribution in [3.05, 3.63) is 60.2 Å². The lowest BCUT2D eigenvalue weighted by Gasteiger charge is -2.22. The summed E-state index contributed by atoms with van der Waals surface area (Å²) in [5, 5.41) is 5.87. The number of carbonyl (C=O) groups is 3. The fourth-order valence-corrected chi connectivity index (χ4v) is 4.82. The first kappa shape index (κ1) is 19.1. The molecule has 1 aliphatic heterocycles. The van der Waals surface area contributed by atoms with E-state index < -0.39 is 29.8 Å². The van der Waals surface area contributed by atoms with Crippen LogP contribution in [0.5, 0.6) is 0 Å². The molecule has 1 aliphatic rings. The molecule has 4 rings (SSSR count). The van der Waals surface area contributed by atoms with Gasteiger partial charge in [-0.3, -0.25) is 14.9 Å². The molecule has 2 heterocycles. The molecule has 0 radical (unpaired) electrons. The van der Waals surface area contributed by atoms with Gasteiger partial charge < -0.3 is 11.1 Å². The minimum Gasteiger partial charge on any atom is -0.369 e. The maximum Gasteiger partial charge on any atom is 0.322 e. The highest BCUT2D eigenvalue weighted by Gasteiger charge is 2.39. The fourth-order valence-electron chi connectivity index (χ4n) is 3.75. The zero-order valence-corrected chi connectivity index (χ0v) is 16.7. The van der Waals surface area contributed by atoms with Crippen molar-refractivity contribution in [1.82, 2.24) is 10.6 Å². The van der Waals surface area contributed by atoms with E-state index in [1.54, 1.807) is 11.3 Å². The van der Waals surface area contributed by atoms with Gasteiger partial charge in [0, 0.05) is 9.58 Å². The molecule has 6 nitrogen and oxygen atoms in total. The summed E-state index contributed by atoms with van der Waals surface area (Å²) >= 11 is 1.75. The third kappa shape index (κ3) is 3.86. The molecule has 4 N–H and O–H groups in total. The Morgan fingerprint density at radius 3 is 2.48 bits per heavy atom. The number of benzene rings is 2. The molecule has 0 aliphatic carbocycles. The second kappa shape index (κ2) is 7.67. The Bertz CT molecular complexity index is 1060. The van der Waals surface area contributed by atoms with Crippen LogP contribution in [0.2, 0.25) is 0 Å². The number of hydrogen-bond donors (Lipinski definition) is 3. The molecule has 3 atom stereocenters. The third-order valence-corrected chi connectivity index (χ3v) is 6.54. The van der Waals surface area contributed by atoms with E-state index >= 15 is 0 Å². The van der Waals surface area contributed by atoms with Crippen LogP contribution in [0.1, 0.15) is 24.8 Å². The molecule has 3 unspecified atom stereocenters. The van der Waals surface area contributed by atoms with Gasteiger partial charge in [-0.1, -0.05) is 49.4 Å². The Labute approximate surface area is 172 Å². The van der Waals surface area contributed by atoms with Crippen LogP contribution in [0.25, 0.3) is 20.5 Å². The minimum atomic E-state index is -0.916. The lowest BCUT2D eigenvalue weighted by atomic mass is 9.85. The Morgan fingerprint density at radius 1 is 1.14 bits per heavy atom. The van der Waals surface area contributed by atoms with Gasteiger partial charge in [0.1, 0.15) is 6.04 Å². The minimum absolute atomic E-state index is 0.00531. The van der Waals surface area contributed by atoms with Crippen molar-refractivity contribution in [2.75, 3.05) is 0 Å². The monoisotopic (exact) mass is 407 g/mol. The van der Waals surface area contributed by atoms with E-state index in [1.807, 2.05) is 31.2 Å². The van der Waals surface area contributed by atoms with Gasteiger partial charge in [-0.05, 0) is 41.0 Å². The Morgan fingerprint density at radius 2 is 1.86 bits per heavy atom. The lowest BCUT2D eigenvalue weighted by Crippen LogP contribution is -2.44. The van der Waals surface area contributed by atoms with Crippen LogP contribution in [-0.4, -0.2) is 23.9 Å². The molecule has 3 aromatic rings. The lowest BCUT2D eigenvalue weighted by molar-refractivity contribution is -0.129. The first-order valence-electron chi connectivity index (χ1n) is 9.42. The second-order valence-corrected chi connectivity index (χ2v) is 8.44. The van der Waals surface area contributed by atoms with Gasteiger partial charge in [0.05, 0.1) is 5.92 Å². The van der Waals surface area contributed by atoms with E-state index in [4.69, 9.17) is 5.73 Å². The number of nitrogens with one attached hydrogen (secondary N) is 2. The van der Waals surface area contributed by atoms with Gasteiger partial charge in [-0.15, -0.1) is 11.3 Å². The number of carbonyl (C=O) groups excluding carboxylic acids is 3. The van der Waals surface area contributed by atoms with Crippen LogP contribution >= 0.6 is 11.3 Å². The number of nitrogens with two attached hydrogens (primary N) is 1. The Kier molecular flexibility index (Phi) is 5.07. The van der Waals surface area contributed by atoms with Crippen molar-refractivity contribution in [1.29, 1.82) is 0 Å². The second-order valence-electron chi connectivity index (χ2n) is 7.36. The Balaban J connectivity index is 1.51. The summed E-state index contributed by atoms with van der Waals surface area (Å²) in [5.74, 6) is -1.87. The normalized spacial score (nSPS) is 18.3. The van der Waals surface area contributed by atoms with Crippen molar-refractivity contribution in [3.8, 4) is 10.4 Å². The van der Waals surface area contributed by atoms with E-state index in [1.165, 1.54) is 15.0 Å². The van der Waals surface area contributed by atoms with E-state index in [0.717, 1.165) is 11.1 Å². The molecule has 148 valence electrons. The van der Waals surface area contributed by atoms with Crippen LogP contribution in [0.3, 0.4) is 0 Å². The number of rotatable bonds is 6. The van der Waals surface area contributed by atoms with Gasteiger partial charge in [-0.25, -0.2) is 4.79 Å². The zero-order chi connectivity index (χ0) is 20.5. The number of urea groups is 1. The number of thiophene rings is 1. The van der Waals surface area contributed by atoms with Crippen molar-refractivity contribution < 1.29 is 14.4 Å². The molecule has 1 fully saturated rings. The molecular weight excluding hydrogens is 386 g/mol. The summed E-state index contributed by atoms with van der Waals surface area (Å²) in [5.41, 5.74) is 7.70. The number of imide groups is 1. The number of hydrogen-bond acceptors (Lipinski definition) is 4. The fraction of sp³-hybridized carbons (Fsp3) is 0.227. The van der Waals surface area contributed by atoms with Crippen LogP contribution in [0.4, 0.5) is 4.79 Å². The van der Waals surface area contributed by atoms with Crippen molar-refractivity contribution >= 4 is 39.3 Å². The van der Waals surface area contributed by atoms with Crippen molar-refractivity contribution in [2.45, 2.75) is 25.3 Å². The third-order valence-electron chi connectivity index (χ3n) is 5.37. The number of fused-ring (bicyclic) bond motifs is 1. The molecular formula is C22H21N3O3S. The quantitative estimate of drug-likeness (QED) is 0.546. The standard InChI is InChI=1S/C22H21N3O3S/c1-12(10-16(20(23)26)19-21(27)25-22(28)24-19)13-6-8-14(9-7-13)18-11-15-4-2-3-5-17(15)29-18/h2-9,11-12,16,19H,10H2,1H3,(H2,23,26)(H2,24,25,27,28). The molecule has 2 aromatic carbocycles. The summed E-state index contributed by atoms with van der Waals surface area (Å²) in [6.45, 7) is 1.99. The Hall–Kier alpha value is -3.19. The van der Waals surface area contributed by atoms with E-state index in [9.17, 15) is 14.4 Å². The molecule has 7 heteroatoms. The maximum absolute atomic E-state index is 11.9. The summed E-state index contributed by atoms with van der Waals surface area (Å²) in [6.07, 6.45) is 0.371. The largest absolute Gasteiger partial charge is 0.369 e. The molecule has 4 amide bonds.